The fraction of sp³-hybridized carbons (Fsp3) is 0.188. The van der Waals surface area contributed by atoms with Gasteiger partial charge in [-0.1, -0.05) is 37.6 Å². The molecule has 2 aromatic carbocycles. The maximum Gasteiger partial charge on any atom is 0.269 e. The van der Waals surface area contributed by atoms with Gasteiger partial charge in [0.15, 0.2) is 0 Å². The van der Waals surface area contributed by atoms with Gasteiger partial charge in [0.1, 0.15) is 6.33 Å². The first-order chi connectivity index (χ1) is 10.1. The monoisotopic (exact) mass is 300 g/mol. The van der Waals surface area contributed by atoms with Crippen LogP contribution in [0, 0.1) is 0 Å². The van der Waals surface area contributed by atoms with E-state index in [4.69, 9.17) is 0 Å². The maximum atomic E-state index is 12.7. The molecule has 0 unspecified atom stereocenters. The maximum absolute atomic E-state index is 12.7. The van der Waals surface area contributed by atoms with Crippen LogP contribution in [0.25, 0.3) is 11.0 Å². The summed E-state index contributed by atoms with van der Waals surface area (Å²) in [5, 5.41) is 0. The number of benzene rings is 2. The first-order valence-corrected chi connectivity index (χ1v) is 8.33. The van der Waals surface area contributed by atoms with Crippen LogP contribution in [0.1, 0.15) is 18.9 Å². The molecule has 0 saturated carbocycles. The number of nitrogens with zero attached hydrogens (tertiary/aromatic N) is 2. The van der Waals surface area contributed by atoms with Gasteiger partial charge in [-0.15, -0.1) is 0 Å². The smallest absolute Gasteiger partial charge is 0.236 e. The van der Waals surface area contributed by atoms with Gasteiger partial charge < -0.3 is 0 Å². The van der Waals surface area contributed by atoms with Gasteiger partial charge >= 0.3 is 0 Å². The zero-order valence-electron chi connectivity index (χ0n) is 11.7. The Hall–Kier alpha value is -2.14. The average molecular weight is 300 g/mol. The van der Waals surface area contributed by atoms with E-state index in [1.165, 1.54) is 10.3 Å². The molecule has 0 aliphatic heterocycles. The summed E-state index contributed by atoms with van der Waals surface area (Å²) in [6, 6.07) is 14.3. The number of para-hydroxylation sites is 2. The molecule has 0 radical (unpaired) electrons. The van der Waals surface area contributed by atoms with Crippen LogP contribution in [0.3, 0.4) is 0 Å². The third kappa shape index (κ3) is 2.45. The molecule has 108 valence electrons. The average Bonchev–Trinajstić information content (AvgIpc) is 2.93. The Labute approximate surface area is 124 Å². The first-order valence-electron chi connectivity index (χ1n) is 6.89. The molecule has 0 bridgehead atoms. The molecule has 4 nitrogen and oxygen atoms in total. The number of hydrogen-bond donors (Lipinski definition) is 0. The van der Waals surface area contributed by atoms with E-state index in [0.29, 0.717) is 11.0 Å². The second-order valence-corrected chi connectivity index (χ2v) is 6.74. The van der Waals surface area contributed by atoms with Crippen LogP contribution < -0.4 is 0 Å². The minimum absolute atomic E-state index is 0.283. The fourth-order valence-electron chi connectivity index (χ4n) is 2.36. The molecule has 5 heteroatoms. The molecule has 0 spiro atoms. The lowest BCUT2D eigenvalue weighted by atomic mass is 10.1. The van der Waals surface area contributed by atoms with Crippen LogP contribution in [0.15, 0.2) is 59.8 Å². The number of aromatic nitrogens is 2. The second-order valence-electron chi connectivity index (χ2n) is 4.93. The predicted molar refractivity (Wildman–Crippen MR) is 82.8 cm³/mol. The Kier molecular flexibility index (Phi) is 3.51. The lowest BCUT2D eigenvalue weighted by Crippen LogP contribution is -2.11. The van der Waals surface area contributed by atoms with E-state index < -0.39 is 10.0 Å². The van der Waals surface area contributed by atoms with Crippen LogP contribution in [0.5, 0.6) is 0 Å². The minimum Gasteiger partial charge on any atom is -0.236 e. The van der Waals surface area contributed by atoms with E-state index in [1.54, 1.807) is 30.3 Å². The highest BCUT2D eigenvalue weighted by molar-refractivity contribution is 7.90. The van der Waals surface area contributed by atoms with Crippen molar-refractivity contribution >= 4 is 21.1 Å². The summed E-state index contributed by atoms with van der Waals surface area (Å²) < 4.78 is 26.6. The topological polar surface area (TPSA) is 52.0 Å². The summed E-state index contributed by atoms with van der Waals surface area (Å²) in [4.78, 5) is 4.42. The molecule has 3 rings (SSSR count). The largest absolute Gasteiger partial charge is 0.269 e. The summed E-state index contributed by atoms with van der Waals surface area (Å²) in [5.41, 5.74) is 2.41. The van der Waals surface area contributed by atoms with Crippen molar-refractivity contribution in [3.05, 3.63) is 60.4 Å². The number of hydrogen-bond acceptors (Lipinski definition) is 3. The van der Waals surface area contributed by atoms with Crippen molar-refractivity contribution < 1.29 is 8.42 Å². The Morgan fingerprint density at radius 2 is 1.76 bits per heavy atom. The predicted octanol–water partition coefficient (Wildman–Crippen LogP) is 3.23. The van der Waals surface area contributed by atoms with Crippen molar-refractivity contribution in [2.45, 2.75) is 24.7 Å². The van der Waals surface area contributed by atoms with Gasteiger partial charge in [0.25, 0.3) is 10.0 Å². The third-order valence-corrected chi connectivity index (χ3v) is 5.12. The highest BCUT2D eigenvalue weighted by Gasteiger charge is 2.19. The van der Waals surface area contributed by atoms with Gasteiger partial charge in [0, 0.05) is 0 Å². The van der Waals surface area contributed by atoms with Gasteiger partial charge in [-0.3, -0.25) is 0 Å². The number of rotatable bonds is 4. The first kappa shape index (κ1) is 13.8. The molecule has 1 heterocycles. The van der Waals surface area contributed by atoms with E-state index in [-0.39, 0.29) is 4.90 Å². The molecule has 0 fully saturated rings. The van der Waals surface area contributed by atoms with Crippen molar-refractivity contribution in [3.63, 3.8) is 0 Å². The van der Waals surface area contributed by atoms with E-state index in [1.807, 2.05) is 18.2 Å². The van der Waals surface area contributed by atoms with Crippen LogP contribution in [-0.4, -0.2) is 17.4 Å². The molecule has 0 amide bonds. The zero-order chi connectivity index (χ0) is 14.9. The normalized spacial score (nSPS) is 11.9. The van der Waals surface area contributed by atoms with E-state index in [2.05, 4.69) is 11.9 Å². The Bertz CT molecular complexity index is 865. The molecule has 0 aliphatic rings. The number of aryl methyl sites for hydroxylation is 1. The molecule has 0 saturated heterocycles. The van der Waals surface area contributed by atoms with Gasteiger partial charge in [-0.25, -0.2) is 17.4 Å². The van der Waals surface area contributed by atoms with Gasteiger partial charge in [0.2, 0.25) is 0 Å². The molecule has 3 aromatic rings. The highest BCUT2D eigenvalue weighted by Crippen LogP contribution is 2.20. The lowest BCUT2D eigenvalue weighted by molar-refractivity contribution is 0.588. The van der Waals surface area contributed by atoms with Gasteiger partial charge in [-0.05, 0) is 36.2 Å². The highest BCUT2D eigenvalue weighted by atomic mass is 32.2. The molecule has 21 heavy (non-hydrogen) atoms. The van der Waals surface area contributed by atoms with E-state index in [0.717, 1.165) is 18.4 Å². The SMILES string of the molecule is CCCc1ccc(S(=O)(=O)n2cnc3ccccc32)cc1. The van der Waals surface area contributed by atoms with Crippen molar-refractivity contribution in [1.82, 2.24) is 8.96 Å². The standard InChI is InChI=1S/C16H16N2O2S/c1-2-5-13-8-10-14(11-9-13)21(19,20)18-12-17-15-6-3-4-7-16(15)18/h3-4,6-12H,2,5H2,1H3. The fourth-order valence-corrected chi connectivity index (χ4v) is 3.65. The Morgan fingerprint density at radius 1 is 1.05 bits per heavy atom. The quantitative estimate of drug-likeness (QED) is 0.743. The summed E-state index contributed by atoms with van der Waals surface area (Å²) in [5.74, 6) is 0. The molecule has 0 atom stereocenters. The summed E-state index contributed by atoms with van der Waals surface area (Å²) in [7, 11) is -3.60. The van der Waals surface area contributed by atoms with Gasteiger partial charge in [-0.2, -0.15) is 0 Å². The van der Waals surface area contributed by atoms with Crippen molar-refractivity contribution in [2.24, 2.45) is 0 Å². The molecule has 0 N–H and O–H groups in total. The van der Waals surface area contributed by atoms with Gasteiger partial charge in [0.05, 0.1) is 15.9 Å². The lowest BCUT2D eigenvalue weighted by Gasteiger charge is -2.07. The van der Waals surface area contributed by atoms with Crippen LogP contribution >= 0.6 is 0 Å². The number of fused-ring (bicyclic) bond motifs is 1. The molecule has 0 aliphatic carbocycles. The third-order valence-electron chi connectivity index (χ3n) is 3.44. The zero-order valence-corrected chi connectivity index (χ0v) is 12.5. The molecule has 1 aromatic heterocycles. The minimum atomic E-state index is -3.60. The van der Waals surface area contributed by atoms with Crippen LogP contribution in [-0.2, 0) is 16.4 Å². The number of imidazole rings is 1. The molecular formula is C16H16N2O2S. The second kappa shape index (κ2) is 5.33. The summed E-state index contributed by atoms with van der Waals surface area (Å²) in [6.45, 7) is 2.10. The van der Waals surface area contributed by atoms with E-state index in [9.17, 15) is 8.42 Å². The van der Waals surface area contributed by atoms with Crippen molar-refractivity contribution in [1.29, 1.82) is 0 Å². The Balaban J connectivity index is 2.07. The summed E-state index contributed by atoms with van der Waals surface area (Å²) >= 11 is 0. The molecular weight excluding hydrogens is 284 g/mol. The van der Waals surface area contributed by atoms with Crippen molar-refractivity contribution in [2.75, 3.05) is 0 Å². The van der Waals surface area contributed by atoms with Crippen LogP contribution in [0.4, 0.5) is 0 Å². The Morgan fingerprint density at radius 3 is 2.48 bits per heavy atom. The van der Waals surface area contributed by atoms with E-state index >= 15 is 0 Å². The van der Waals surface area contributed by atoms with Crippen molar-refractivity contribution in [3.8, 4) is 0 Å². The summed E-state index contributed by atoms with van der Waals surface area (Å²) in [6.07, 6.45) is 3.35. The van der Waals surface area contributed by atoms with Crippen LogP contribution in [0.2, 0.25) is 0 Å².